The molecule has 0 bridgehead atoms. The van der Waals surface area contributed by atoms with Crippen molar-refractivity contribution in [2.75, 3.05) is 31.1 Å². The number of piperazine rings is 1. The molecule has 0 radical (unpaired) electrons. The topological polar surface area (TPSA) is 74.2 Å². The zero-order valence-electron chi connectivity index (χ0n) is 15.9. The van der Waals surface area contributed by atoms with Crippen molar-refractivity contribution < 1.29 is 4.79 Å². The van der Waals surface area contributed by atoms with Crippen LogP contribution in [0.3, 0.4) is 0 Å². The van der Waals surface area contributed by atoms with Gasteiger partial charge in [-0.2, -0.15) is 5.10 Å². The van der Waals surface area contributed by atoms with E-state index in [1.165, 1.54) is 0 Å². The van der Waals surface area contributed by atoms with Crippen LogP contribution in [-0.2, 0) is 4.79 Å². The van der Waals surface area contributed by atoms with Crippen molar-refractivity contribution >= 4 is 23.5 Å². The summed E-state index contributed by atoms with van der Waals surface area (Å²) in [5, 5.41) is 12.0. The van der Waals surface area contributed by atoms with Crippen LogP contribution in [0.5, 0.6) is 0 Å². The van der Waals surface area contributed by atoms with Gasteiger partial charge in [0.2, 0.25) is 11.9 Å². The molecule has 1 amide bonds. The predicted molar refractivity (Wildman–Crippen MR) is 107 cm³/mol. The monoisotopic (exact) mass is 388 g/mol. The molecule has 27 heavy (non-hydrogen) atoms. The second kappa shape index (κ2) is 8.63. The van der Waals surface area contributed by atoms with Gasteiger partial charge < -0.3 is 10.2 Å². The molecule has 3 rings (SSSR count). The molecule has 1 saturated heterocycles. The number of nitrogens with one attached hydrogen (secondary N) is 1. The van der Waals surface area contributed by atoms with Crippen molar-refractivity contribution in [1.82, 2.24) is 25.4 Å². The summed E-state index contributed by atoms with van der Waals surface area (Å²) < 4.78 is 0. The number of anilines is 1. The van der Waals surface area contributed by atoms with Crippen LogP contribution in [0.1, 0.15) is 20.8 Å². The number of hydrogen-bond acceptors (Lipinski definition) is 6. The van der Waals surface area contributed by atoms with E-state index in [2.05, 4.69) is 37.2 Å². The summed E-state index contributed by atoms with van der Waals surface area (Å²) in [6, 6.07) is 7.86. The molecule has 7 nitrogen and oxygen atoms in total. The highest BCUT2D eigenvalue weighted by Gasteiger charge is 2.27. The van der Waals surface area contributed by atoms with Gasteiger partial charge >= 0.3 is 0 Å². The Bertz CT molecular complexity index is 782. The lowest BCUT2D eigenvalue weighted by atomic mass is 10.1. The first-order valence-electron chi connectivity index (χ1n) is 9.16. The largest absolute Gasteiger partial charge is 0.353 e. The van der Waals surface area contributed by atoms with E-state index in [0.29, 0.717) is 17.5 Å². The molecule has 1 N–H and O–H groups in total. The lowest BCUT2D eigenvalue weighted by molar-refractivity contribution is -0.122. The Hall–Kier alpha value is -2.25. The van der Waals surface area contributed by atoms with E-state index in [1.54, 1.807) is 6.20 Å². The number of carbonyl (C=O) groups is 1. The van der Waals surface area contributed by atoms with Gasteiger partial charge in [0.15, 0.2) is 0 Å². The molecule has 2 aromatic rings. The van der Waals surface area contributed by atoms with E-state index in [1.807, 2.05) is 38.1 Å². The maximum absolute atomic E-state index is 12.0. The van der Waals surface area contributed by atoms with Gasteiger partial charge in [-0.3, -0.25) is 9.69 Å². The van der Waals surface area contributed by atoms with Gasteiger partial charge in [-0.1, -0.05) is 23.7 Å². The van der Waals surface area contributed by atoms with Gasteiger partial charge in [0.05, 0.1) is 18.4 Å². The van der Waals surface area contributed by atoms with Crippen LogP contribution >= 0.6 is 11.6 Å². The van der Waals surface area contributed by atoms with Crippen LogP contribution in [-0.4, -0.2) is 64.3 Å². The Morgan fingerprint density at radius 3 is 2.70 bits per heavy atom. The molecule has 1 aliphatic heterocycles. The standard InChI is InChI=1S/C19H25ClN6O/c1-13(2)22-18(27)12-25-8-9-26(14(3)11-25)19-23-17(10-21-24-19)15-4-6-16(20)7-5-15/h4-7,10,13-14H,8-9,11-12H2,1-3H3,(H,22,27)/t14-/m1/s1. The van der Waals surface area contributed by atoms with Crippen molar-refractivity contribution in [1.29, 1.82) is 0 Å². The Morgan fingerprint density at radius 1 is 1.30 bits per heavy atom. The first-order valence-corrected chi connectivity index (χ1v) is 9.54. The van der Waals surface area contributed by atoms with E-state index in [0.717, 1.165) is 30.9 Å². The van der Waals surface area contributed by atoms with Gasteiger partial charge in [0.25, 0.3) is 0 Å². The van der Waals surface area contributed by atoms with Crippen molar-refractivity contribution in [3.63, 3.8) is 0 Å². The van der Waals surface area contributed by atoms with E-state index in [9.17, 15) is 4.79 Å². The summed E-state index contributed by atoms with van der Waals surface area (Å²) in [4.78, 5) is 21.0. The predicted octanol–water partition coefficient (Wildman–Crippen LogP) is 2.23. The average Bonchev–Trinajstić information content (AvgIpc) is 2.62. The second-order valence-electron chi connectivity index (χ2n) is 7.15. The maximum atomic E-state index is 12.0. The zero-order valence-corrected chi connectivity index (χ0v) is 16.6. The summed E-state index contributed by atoms with van der Waals surface area (Å²) in [5.74, 6) is 0.675. The molecule has 1 aromatic carbocycles. The zero-order chi connectivity index (χ0) is 19.4. The molecule has 0 saturated carbocycles. The van der Waals surface area contributed by atoms with E-state index in [-0.39, 0.29) is 18.0 Å². The fourth-order valence-electron chi connectivity index (χ4n) is 3.22. The molecule has 0 unspecified atom stereocenters. The van der Waals surface area contributed by atoms with E-state index < -0.39 is 0 Å². The number of benzene rings is 1. The Balaban J connectivity index is 1.67. The molecule has 1 aliphatic rings. The third-order valence-electron chi connectivity index (χ3n) is 4.47. The number of amides is 1. The van der Waals surface area contributed by atoms with Gasteiger partial charge in [-0.05, 0) is 32.9 Å². The molecule has 1 atom stereocenters. The molecule has 144 valence electrons. The number of aromatic nitrogens is 3. The first kappa shape index (κ1) is 19.5. The molecule has 2 heterocycles. The molecule has 1 fully saturated rings. The minimum Gasteiger partial charge on any atom is -0.353 e. The van der Waals surface area contributed by atoms with Gasteiger partial charge in [-0.15, -0.1) is 5.10 Å². The third-order valence-corrected chi connectivity index (χ3v) is 4.72. The van der Waals surface area contributed by atoms with Crippen molar-refractivity contribution in [3.8, 4) is 11.3 Å². The van der Waals surface area contributed by atoms with Crippen LogP contribution in [0.15, 0.2) is 30.5 Å². The molecule has 0 spiro atoms. The normalized spacial score (nSPS) is 18.0. The number of rotatable bonds is 5. The lowest BCUT2D eigenvalue weighted by Gasteiger charge is -2.39. The minimum absolute atomic E-state index is 0.0632. The van der Waals surface area contributed by atoms with Crippen molar-refractivity contribution in [2.45, 2.75) is 32.9 Å². The van der Waals surface area contributed by atoms with Crippen LogP contribution in [0.25, 0.3) is 11.3 Å². The van der Waals surface area contributed by atoms with Crippen LogP contribution in [0, 0.1) is 0 Å². The summed E-state index contributed by atoms with van der Waals surface area (Å²) in [5.41, 5.74) is 1.72. The number of carbonyl (C=O) groups excluding carboxylic acids is 1. The number of hydrogen-bond donors (Lipinski definition) is 1. The average molecular weight is 389 g/mol. The SMILES string of the molecule is CC(C)NC(=O)CN1CCN(c2nncc(-c3ccc(Cl)cc3)n2)[C@H](C)C1. The van der Waals surface area contributed by atoms with Crippen LogP contribution in [0.4, 0.5) is 5.95 Å². The fourth-order valence-corrected chi connectivity index (χ4v) is 3.35. The minimum atomic E-state index is 0.0632. The summed E-state index contributed by atoms with van der Waals surface area (Å²) >= 11 is 5.96. The smallest absolute Gasteiger partial charge is 0.246 e. The molecule has 8 heteroatoms. The van der Waals surface area contributed by atoms with E-state index >= 15 is 0 Å². The Labute approximate surface area is 164 Å². The first-order chi connectivity index (χ1) is 12.9. The number of nitrogens with zero attached hydrogens (tertiary/aromatic N) is 5. The summed E-state index contributed by atoms with van der Waals surface area (Å²) in [7, 11) is 0. The third kappa shape index (κ3) is 5.14. The quantitative estimate of drug-likeness (QED) is 0.846. The molecule has 1 aromatic heterocycles. The molecular formula is C19H25ClN6O. The highest BCUT2D eigenvalue weighted by Crippen LogP contribution is 2.22. The van der Waals surface area contributed by atoms with Crippen LogP contribution < -0.4 is 10.2 Å². The van der Waals surface area contributed by atoms with Gasteiger partial charge in [0.1, 0.15) is 0 Å². The number of halogens is 1. The van der Waals surface area contributed by atoms with Gasteiger partial charge in [0, 0.05) is 42.3 Å². The Kier molecular flexibility index (Phi) is 6.23. The lowest BCUT2D eigenvalue weighted by Crippen LogP contribution is -2.54. The highest BCUT2D eigenvalue weighted by atomic mass is 35.5. The van der Waals surface area contributed by atoms with Gasteiger partial charge in [-0.25, -0.2) is 4.98 Å². The summed E-state index contributed by atoms with van der Waals surface area (Å²) in [6.45, 7) is 8.78. The van der Waals surface area contributed by atoms with Crippen molar-refractivity contribution in [3.05, 3.63) is 35.5 Å². The molecule has 0 aliphatic carbocycles. The summed E-state index contributed by atoms with van der Waals surface area (Å²) in [6.07, 6.45) is 1.66. The van der Waals surface area contributed by atoms with E-state index in [4.69, 9.17) is 11.6 Å². The van der Waals surface area contributed by atoms with Crippen molar-refractivity contribution in [2.24, 2.45) is 0 Å². The fraction of sp³-hybridized carbons (Fsp3) is 0.474. The second-order valence-corrected chi connectivity index (χ2v) is 7.58. The Morgan fingerprint density at radius 2 is 2.04 bits per heavy atom. The molecular weight excluding hydrogens is 364 g/mol. The highest BCUT2D eigenvalue weighted by molar-refractivity contribution is 6.30. The maximum Gasteiger partial charge on any atom is 0.246 e. The van der Waals surface area contributed by atoms with Crippen LogP contribution in [0.2, 0.25) is 5.02 Å².